The lowest BCUT2D eigenvalue weighted by Crippen LogP contribution is -2.53. The van der Waals surface area contributed by atoms with E-state index in [1.165, 1.54) is 5.56 Å². The Bertz CT molecular complexity index is 459. The normalized spacial score (nSPS) is 19.3. The molecule has 4 heteroatoms. The lowest BCUT2D eigenvalue weighted by atomic mass is 10.1. The van der Waals surface area contributed by atoms with Crippen LogP contribution in [0.15, 0.2) is 18.2 Å². The van der Waals surface area contributed by atoms with Gasteiger partial charge < -0.3 is 15.0 Å². The van der Waals surface area contributed by atoms with Gasteiger partial charge in [0.2, 0.25) is 0 Å². The van der Waals surface area contributed by atoms with Crippen molar-refractivity contribution < 1.29 is 9.53 Å². The first-order valence-electron chi connectivity index (χ1n) is 6.78. The first-order valence-corrected chi connectivity index (χ1v) is 6.78. The Kier molecular flexibility index (Phi) is 4.43. The summed E-state index contributed by atoms with van der Waals surface area (Å²) in [5.41, 5.74) is 2.27. The number of carbonyl (C=O) groups excluding carboxylic acids is 1. The Morgan fingerprint density at radius 1 is 1.47 bits per heavy atom. The third-order valence-electron chi connectivity index (χ3n) is 3.50. The van der Waals surface area contributed by atoms with Crippen molar-refractivity contribution in [3.63, 3.8) is 0 Å². The van der Waals surface area contributed by atoms with Crippen LogP contribution in [0.1, 0.15) is 18.1 Å². The molecular formula is C15H22N2O2. The number of amides is 1. The zero-order valence-corrected chi connectivity index (χ0v) is 11.9. The fourth-order valence-corrected chi connectivity index (χ4v) is 2.40. The molecule has 1 aliphatic rings. The van der Waals surface area contributed by atoms with Crippen LogP contribution in [0.5, 0.6) is 5.75 Å². The van der Waals surface area contributed by atoms with Crippen molar-refractivity contribution in [3.05, 3.63) is 29.3 Å². The Hall–Kier alpha value is -1.55. The van der Waals surface area contributed by atoms with Crippen molar-refractivity contribution in [2.75, 3.05) is 26.2 Å². The largest absolute Gasteiger partial charge is 0.484 e. The van der Waals surface area contributed by atoms with Crippen LogP contribution in [0.4, 0.5) is 0 Å². The molecule has 1 amide bonds. The molecule has 1 fully saturated rings. The number of benzene rings is 1. The molecule has 1 N–H and O–H groups in total. The molecule has 0 aromatic heterocycles. The molecule has 0 saturated carbocycles. The summed E-state index contributed by atoms with van der Waals surface area (Å²) in [5.74, 6) is 0.857. The van der Waals surface area contributed by atoms with E-state index in [0.29, 0.717) is 0 Å². The van der Waals surface area contributed by atoms with E-state index in [1.54, 1.807) is 0 Å². The molecule has 1 aromatic rings. The highest BCUT2D eigenvalue weighted by Crippen LogP contribution is 2.18. The molecule has 0 spiro atoms. The molecule has 4 nitrogen and oxygen atoms in total. The average molecular weight is 262 g/mol. The molecule has 1 heterocycles. The maximum Gasteiger partial charge on any atom is 0.260 e. The number of hydrogen-bond acceptors (Lipinski definition) is 3. The predicted molar refractivity (Wildman–Crippen MR) is 75.5 cm³/mol. The Labute approximate surface area is 114 Å². The van der Waals surface area contributed by atoms with Crippen molar-refractivity contribution in [2.45, 2.75) is 26.8 Å². The number of ether oxygens (including phenoxy) is 1. The molecular weight excluding hydrogens is 240 g/mol. The van der Waals surface area contributed by atoms with Crippen LogP contribution in [0.3, 0.4) is 0 Å². The summed E-state index contributed by atoms with van der Waals surface area (Å²) in [7, 11) is 0. The lowest BCUT2D eigenvalue weighted by molar-refractivity contribution is -0.136. The molecule has 0 bridgehead atoms. The summed E-state index contributed by atoms with van der Waals surface area (Å²) in [5, 5.41) is 3.27. The van der Waals surface area contributed by atoms with E-state index >= 15 is 0 Å². The molecule has 0 radical (unpaired) electrons. The zero-order chi connectivity index (χ0) is 13.8. The standard InChI is InChI=1S/C15H22N2O2/c1-11-4-5-14(12(2)8-11)19-10-15(18)17-7-6-16-9-13(17)3/h4-5,8,13,16H,6-7,9-10H2,1-3H3/t13-/m0/s1. The van der Waals surface area contributed by atoms with E-state index in [9.17, 15) is 4.79 Å². The van der Waals surface area contributed by atoms with E-state index < -0.39 is 0 Å². The highest BCUT2D eigenvalue weighted by Gasteiger charge is 2.23. The van der Waals surface area contributed by atoms with Crippen molar-refractivity contribution in [3.8, 4) is 5.75 Å². The molecule has 0 aliphatic carbocycles. The van der Waals surface area contributed by atoms with E-state index in [1.807, 2.05) is 30.9 Å². The topological polar surface area (TPSA) is 41.6 Å². The van der Waals surface area contributed by atoms with Gasteiger partial charge in [0, 0.05) is 25.7 Å². The minimum atomic E-state index is 0.0639. The van der Waals surface area contributed by atoms with Gasteiger partial charge in [-0.1, -0.05) is 17.7 Å². The number of aryl methyl sites for hydroxylation is 2. The van der Waals surface area contributed by atoms with Gasteiger partial charge in [-0.05, 0) is 32.4 Å². The number of nitrogens with zero attached hydrogens (tertiary/aromatic N) is 1. The van der Waals surface area contributed by atoms with Gasteiger partial charge in [0.1, 0.15) is 5.75 Å². The third kappa shape index (κ3) is 3.47. The highest BCUT2D eigenvalue weighted by atomic mass is 16.5. The molecule has 2 rings (SSSR count). The molecule has 1 saturated heterocycles. The van der Waals surface area contributed by atoms with E-state index in [0.717, 1.165) is 30.9 Å². The highest BCUT2D eigenvalue weighted by molar-refractivity contribution is 5.78. The molecule has 1 aliphatic heterocycles. The Morgan fingerprint density at radius 3 is 2.95 bits per heavy atom. The maximum absolute atomic E-state index is 12.1. The first-order chi connectivity index (χ1) is 9.08. The minimum absolute atomic E-state index is 0.0639. The number of nitrogens with one attached hydrogen (secondary N) is 1. The Balaban J connectivity index is 1.92. The monoisotopic (exact) mass is 262 g/mol. The molecule has 1 aromatic carbocycles. The second-order valence-electron chi connectivity index (χ2n) is 5.20. The fraction of sp³-hybridized carbons (Fsp3) is 0.533. The number of piperazine rings is 1. The molecule has 19 heavy (non-hydrogen) atoms. The van der Waals surface area contributed by atoms with Crippen LogP contribution in [-0.4, -0.2) is 43.1 Å². The van der Waals surface area contributed by atoms with Crippen LogP contribution >= 0.6 is 0 Å². The van der Waals surface area contributed by atoms with Crippen LogP contribution in [0, 0.1) is 13.8 Å². The number of rotatable bonds is 3. The van der Waals surface area contributed by atoms with Crippen LogP contribution in [-0.2, 0) is 4.79 Å². The van der Waals surface area contributed by atoms with Crippen molar-refractivity contribution in [1.82, 2.24) is 10.2 Å². The maximum atomic E-state index is 12.1. The summed E-state index contributed by atoms with van der Waals surface area (Å²) in [6.07, 6.45) is 0. The minimum Gasteiger partial charge on any atom is -0.484 e. The summed E-state index contributed by atoms with van der Waals surface area (Å²) < 4.78 is 5.64. The van der Waals surface area contributed by atoms with Gasteiger partial charge in [-0.3, -0.25) is 4.79 Å². The number of carbonyl (C=O) groups is 1. The van der Waals surface area contributed by atoms with Crippen LogP contribution in [0.2, 0.25) is 0 Å². The third-order valence-corrected chi connectivity index (χ3v) is 3.50. The zero-order valence-electron chi connectivity index (χ0n) is 11.9. The molecule has 0 unspecified atom stereocenters. The van der Waals surface area contributed by atoms with Gasteiger partial charge in [-0.2, -0.15) is 0 Å². The van der Waals surface area contributed by atoms with Crippen LogP contribution < -0.4 is 10.1 Å². The van der Waals surface area contributed by atoms with Crippen molar-refractivity contribution in [1.29, 1.82) is 0 Å². The van der Waals surface area contributed by atoms with Gasteiger partial charge in [0.25, 0.3) is 5.91 Å². The van der Waals surface area contributed by atoms with E-state index in [2.05, 4.69) is 18.3 Å². The average Bonchev–Trinajstić information content (AvgIpc) is 2.38. The van der Waals surface area contributed by atoms with Gasteiger partial charge >= 0.3 is 0 Å². The van der Waals surface area contributed by atoms with Crippen molar-refractivity contribution in [2.24, 2.45) is 0 Å². The van der Waals surface area contributed by atoms with Crippen LogP contribution in [0.25, 0.3) is 0 Å². The fourth-order valence-electron chi connectivity index (χ4n) is 2.40. The SMILES string of the molecule is Cc1ccc(OCC(=O)N2CCNC[C@@H]2C)c(C)c1. The first kappa shape index (κ1) is 13.9. The second-order valence-corrected chi connectivity index (χ2v) is 5.20. The van der Waals surface area contributed by atoms with Gasteiger partial charge in [0.15, 0.2) is 6.61 Å². The molecule has 104 valence electrons. The van der Waals surface area contributed by atoms with Gasteiger partial charge in [-0.25, -0.2) is 0 Å². The summed E-state index contributed by atoms with van der Waals surface area (Å²) in [6, 6.07) is 6.23. The summed E-state index contributed by atoms with van der Waals surface area (Å²) in [4.78, 5) is 14.0. The Morgan fingerprint density at radius 2 is 2.26 bits per heavy atom. The quantitative estimate of drug-likeness (QED) is 0.897. The summed E-state index contributed by atoms with van der Waals surface area (Å²) >= 11 is 0. The van der Waals surface area contributed by atoms with E-state index in [4.69, 9.17) is 4.74 Å². The molecule has 1 atom stereocenters. The van der Waals surface area contributed by atoms with Gasteiger partial charge in [-0.15, -0.1) is 0 Å². The van der Waals surface area contributed by atoms with Crippen molar-refractivity contribution >= 4 is 5.91 Å². The van der Waals surface area contributed by atoms with E-state index in [-0.39, 0.29) is 18.6 Å². The predicted octanol–water partition coefficient (Wildman–Crippen LogP) is 1.50. The second kappa shape index (κ2) is 6.06. The van der Waals surface area contributed by atoms with Gasteiger partial charge in [0.05, 0.1) is 0 Å². The summed E-state index contributed by atoms with van der Waals surface area (Å²) in [6.45, 7) is 8.70. The number of hydrogen-bond donors (Lipinski definition) is 1. The smallest absolute Gasteiger partial charge is 0.260 e. The lowest BCUT2D eigenvalue weighted by Gasteiger charge is -2.33.